The highest BCUT2D eigenvalue weighted by Gasteiger charge is 2.44. The molecule has 0 saturated carbocycles. The normalized spacial score (nSPS) is 21.0. The molecule has 3 aliphatic heterocycles. The Hall–Kier alpha value is -1.44. The molecule has 192 valence electrons. The fraction of sp³-hybridized carbons (Fsp3) is 0.731. The second-order valence-electron chi connectivity index (χ2n) is 7.58. The molecule has 1 aliphatic carbocycles. The zero-order valence-electron chi connectivity index (χ0n) is 22.2. The maximum atomic E-state index is 13.1. The van der Waals surface area contributed by atoms with E-state index in [9.17, 15) is 13.2 Å². The van der Waals surface area contributed by atoms with E-state index in [0.29, 0.717) is 17.5 Å². The average Bonchev–Trinajstić information content (AvgIpc) is 3.36. The number of likely N-dealkylation sites (N-methyl/N-ethyl adjacent to an activating group) is 1. The Morgan fingerprint density at radius 1 is 0.939 bits per heavy atom. The molecule has 0 spiro atoms. The van der Waals surface area contributed by atoms with Crippen molar-refractivity contribution in [2.45, 2.75) is 111 Å². The summed E-state index contributed by atoms with van der Waals surface area (Å²) >= 11 is 0. The Labute approximate surface area is 203 Å². The Bertz CT molecular complexity index is 795. The van der Waals surface area contributed by atoms with E-state index in [4.69, 9.17) is 5.11 Å². The lowest BCUT2D eigenvalue weighted by Crippen LogP contribution is -2.63. The third kappa shape index (κ3) is 8.37. The van der Waals surface area contributed by atoms with Crippen molar-refractivity contribution >= 4 is 16.0 Å². The zero-order valence-corrected chi connectivity index (χ0v) is 23.0. The number of benzene rings is 1. The molecule has 4 aliphatic rings. The van der Waals surface area contributed by atoms with E-state index >= 15 is 0 Å². The first-order valence-corrected chi connectivity index (χ1v) is 14.4. The molecule has 1 aromatic carbocycles. The summed E-state index contributed by atoms with van der Waals surface area (Å²) in [6, 6.07) is 6.33. The van der Waals surface area contributed by atoms with Gasteiger partial charge in [0.1, 0.15) is 0 Å². The van der Waals surface area contributed by atoms with Crippen LogP contribution in [0.1, 0.15) is 92.2 Å². The molecule has 2 atom stereocenters. The Morgan fingerprint density at radius 3 is 1.97 bits per heavy atom. The number of hydrogen-bond donors (Lipinski definition) is 1. The minimum atomic E-state index is -3.34. The second kappa shape index (κ2) is 16.2. The van der Waals surface area contributed by atoms with Crippen LogP contribution in [0.25, 0.3) is 0 Å². The number of carbonyl (C=O) groups is 1. The molecule has 33 heavy (non-hydrogen) atoms. The van der Waals surface area contributed by atoms with Gasteiger partial charge in [-0.05, 0) is 61.9 Å². The lowest BCUT2D eigenvalue weighted by Gasteiger charge is -2.50. The van der Waals surface area contributed by atoms with Crippen molar-refractivity contribution in [3.8, 4) is 0 Å². The van der Waals surface area contributed by atoms with Gasteiger partial charge in [-0.25, -0.2) is 8.42 Å². The number of carboxylic acid groups (broad SMARTS) is 1. The third-order valence-corrected chi connectivity index (χ3v) is 7.89. The van der Waals surface area contributed by atoms with Gasteiger partial charge in [-0.2, -0.15) is 4.31 Å². The van der Waals surface area contributed by atoms with Gasteiger partial charge in [0.05, 0.1) is 4.90 Å². The number of hydrogen-bond acceptors (Lipinski definition) is 4. The molecule has 6 nitrogen and oxygen atoms in total. The number of piperazine rings is 1. The number of aliphatic carboxylic acids is 1. The van der Waals surface area contributed by atoms with E-state index < -0.39 is 16.0 Å². The molecule has 0 amide bonds. The molecule has 2 unspecified atom stereocenters. The maximum absolute atomic E-state index is 13.1. The smallest absolute Gasteiger partial charge is 0.303 e. The van der Waals surface area contributed by atoms with Gasteiger partial charge < -0.3 is 5.11 Å². The first-order chi connectivity index (χ1) is 15.9. The molecule has 1 aromatic rings. The lowest BCUT2D eigenvalue weighted by molar-refractivity contribution is -0.136. The summed E-state index contributed by atoms with van der Waals surface area (Å²) in [5, 5.41) is 7.72. The summed E-state index contributed by atoms with van der Waals surface area (Å²) in [4.78, 5) is 12.3. The predicted molar refractivity (Wildman–Crippen MR) is 138 cm³/mol. The van der Waals surface area contributed by atoms with E-state index in [1.54, 1.807) is 11.2 Å². The summed E-state index contributed by atoms with van der Waals surface area (Å²) in [6.45, 7) is 18.3. The van der Waals surface area contributed by atoms with Crippen LogP contribution in [0, 0.1) is 0 Å². The molecule has 1 N–H and O–H groups in total. The van der Waals surface area contributed by atoms with Gasteiger partial charge in [-0.1, -0.05) is 61.5 Å². The standard InChI is InChI=1S/C17H24N2O2S.C3H6O2.3C2H6/c1-2-18-11-16-8-7-15(18)12-19(16)22(20,21)17-9-6-13-4-3-5-14(13)10-17;1-2-3(4)5;3*1-2/h6,9-10,15-16H,2-5,7-8,11-12H2,1H3;2H2,1H3,(H,4,5);3*1-2H3. The van der Waals surface area contributed by atoms with Crippen LogP contribution in [0.4, 0.5) is 0 Å². The highest BCUT2D eigenvalue weighted by atomic mass is 32.2. The van der Waals surface area contributed by atoms with Crippen molar-refractivity contribution < 1.29 is 18.3 Å². The van der Waals surface area contributed by atoms with Crippen LogP contribution < -0.4 is 0 Å². The molecule has 3 saturated heterocycles. The first-order valence-electron chi connectivity index (χ1n) is 13.0. The summed E-state index contributed by atoms with van der Waals surface area (Å²) < 4.78 is 27.9. The number of fused-ring (bicyclic) bond motifs is 4. The van der Waals surface area contributed by atoms with E-state index in [2.05, 4.69) is 11.8 Å². The molecule has 7 heteroatoms. The van der Waals surface area contributed by atoms with Crippen LogP contribution in [0.5, 0.6) is 0 Å². The highest BCUT2D eigenvalue weighted by molar-refractivity contribution is 7.89. The first kappa shape index (κ1) is 31.6. The van der Waals surface area contributed by atoms with Crippen molar-refractivity contribution in [2.75, 3.05) is 19.6 Å². The van der Waals surface area contributed by atoms with Crippen molar-refractivity contribution in [1.29, 1.82) is 0 Å². The monoisotopic (exact) mass is 484 g/mol. The van der Waals surface area contributed by atoms with Gasteiger partial charge in [0.15, 0.2) is 0 Å². The minimum absolute atomic E-state index is 0.156. The Kier molecular flexibility index (Phi) is 15.5. The predicted octanol–water partition coefficient (Wildman–Crippen LogP) is 5.59. The van der Waals surface area contributed by atoms with Crippen molar-refractivity contribution in [3.05, 3.63) is 29.3 Å². The third-order valence-electron chi connectivity index (χ3n) is 5.98. The van der Waals surface area contributed by atoms with Crippen LogP contribution >= 0.6 is 0 Å². The fourth-order valence-electron chi connectivity index (χ4n) is 4.40. The van der Waals surface area contributed by atoms with Crippen LogP contribution in [0.2, 0.25) is 0 Å². The number of piperidine rings is 2. The van der Waals surface area contributed by atoms with Crippen LogP contribution in [0.15, 0.2) is 23.1 Å². The zero-order chi connectivity index (χ0) is 25.6. The van der Waals surface area contributed by atoms with Gasteiger partial charge in [0.25, 0.3) is 0 Å². The topological polar surface area (TPSA) is 77.9 Å². The minimum Gasteiger partial charge on any atom is -0.481 e. The SMILES string of the molecule is CC.CC.CC.CCC(=O)O.CCN1CC2CCC1CN2S(=O)(=O)c1ccc2c(c1)CCC2. The number of nitrogens with zero attached hydrogens (tertiary/aromatic N) is 2. The molecule has 0 aromatic heterocycles. The van der Waals surface area contributed by atoms with Crippen molar-refractivity contribution in [3.63, 3.8) is 0 Å². The Morgan fingerprint density at radius 2 is 1.48 bits per heavy atom. The van der Waals surface area contributed by atoms with E-state index in [0.717, 1.165) is 45.2 Å². The van der Waals surface area contributed by atoms with Gasteiger partial charge in [-0.3, -0.25) is 9.69 Å². The number of carboxylic acids is 1. The van der Waals surface area contributed by atoms with E-state index in [1.165, 1.54) is 11.1 Å². The van der Waals surface area contributed by atoms with Gasteiger partial charge in [0, 0.05) is 31.6 Å². The second-order valence-corrected chi connectivity index (χ2v) is 9.47. The maximum Gasteiger partial charge on any atom is 0.303 e. The van der Waals surface area contributed by atoms with Gasteiger partial charge in [-0.15, -0.1) is 0 Å². The summed E-state index contributed by atoms with van der Waals surface area (Å²) in [5.41, 5.74) is 2.56. The van der Waals surface area contributed by atoms with Crippen LogP contribution in [-0.2, 0) is 27.7 Å². The number of rotatable bonds is 4. The summed E-state index contributed by atoms with van der Waals surface area (Å²) in [7, 11) is -3.34. The quantitative estimate of drug-likeness (QED) is 0.602. The van der Waals surface area contributed by atoms with Gasteiger partial charge >= 0.3 is 5.97 Å². The average molecular weight is 485 g/mol. The van der Waals surface area contributed by atoms with E-state index in [-0.39, 0.29) is 12.5 Å². The van der Waals surface area contributed by atoms with Crippen molar-refractivity contribution in [2.24, 2.45) is 0 Å². The van der Waals surface area contributed by atoms with Gasteiger partial charge in [0.2, 0.25) is 10.0 Å². The van der Waals surface area contributed by atoms with Crippen LogP contribution in [-0.4, -0.2) is 60.4 Å². The molecule has 5 rings (SSSR count). The molecule has 2 bridgehead atoms. The molecule has 3 fully saturated rings. The van der Waals surface area contributed by atoms with E-state index in [1.807, 2.05) is 59.7 Å². The number of aryl methyl sites for hydroxylation is 2. The summed E-state index contributed by atoms with van der Waals surface area (Å²) in [6.07, 6.45) is 5.63. The summed E-state index contributed by atoms with van der Waals surface area (Å²) in [5.74, 6) is -0.745. The fourth-order valence-corrected chi connectivity index (χ4v) is 6.14. The molecular formula is C26H48N2O4S. The number of sulfonamides is 1. The lowest BCUT2D eigenvalue weighted by atomic mass is 9.93. The Balaban J connectivity index is 0.000000804. The largest absolute Gasteiger partial charge is 0.481 e. The van der Waals surface area contributed by atoms with Crippen LogP contribution in [0.3, 0.4) is 0 Å². The molecular weight excluding hydrogens is 436 g/mol. The molecule has 3 heterocycles. The molecule has 0 radical (unpaired) electrons. The van der Waals surface area contributed by atoms with Crippen molar-refractivity contribution in [1.82, 2.24) is 9.21 Å². The highest BCUT2D eigenvalue weighted by Crippen LogP contribution is 2.34.